The van der Waals surface area contributed by atoms with Gasteiger partial charge in [-0.2, -0.15) is 0 Å². The molecule has 0 saturated heterocycles. The molecule has 0 amide bonds. The van der Waals surface area contributed by atoms with Crippen LogP contribution in [0.1, 0.15) is 37.0 Å². The first kappa shape index (κ1) is 26.2. The van der Waals surface area contributed by atoms with Crippen molar-refractivity contribution in [1.82, 2.24) is 10.6 Å². The lowest BCUT2D eigenvalue weighted by molar-refractivity contribution is 0.215. The summed E-state index contributed by atoms with van der Waals surface area (Å²) in [6.07, 6.45) is 2.31. The van der Waals surface area contributed by atoms with Gasteiger partial charge in [-0.1, -0.05) is 31.2 Å². The second-order valence-electron chi connectivity index (χ2n) is 7.14. The van der Waals surface area contributed by atoms with E-state index in [1.165, 1.54) is 6.26 Å². The summed E-state index contributed by atoms with van der Waals surface area (Å²) in [6, 6.07) is 13.0. The normalized spacial score (nSPS) is 12.6. The first-order valence-corrected chi connectivity index (χ1v) is 11.6. The lowest BCUT2D eigenvalue weighted by Crippen LogP contribution is -2.36. The summed E-state index contributed by atoms with van der Waals surface area (Å²) >= 11 is 0. The summed E-state index contributed by atoms with van der Waals surface area (Å²) < 4.78 is 29.2. The SMILES string of the molecule is CCC(C)Oc1cc(C)ccc1CNC(=NC)NCc1ccc(S(C)(=O)=O)cc1.I. The van der Waals surface area contributed by atoms with Gasteiger partial charge < -0.3 is 15.4 Å². The molecule has 1 unspecified atom stereocenters. The highest BCUT2D eigenvalue weighted by Crippen LogP contribution is 2.22. The minimum Gasteiger partial charge on any atom is -0.490 e. The molecule has 2 rings (SSSR count). The first-order chi connectivity index (χ1) is 13.7. The molecule has 0 aromatic heterocycles. The van der Waals surface area contributed by atoms with Crippen LogP contribution in [0.3, 0.4) is 0 Å². The summed E-state index contributed by atoms with van der Waals surface area (Å²) in [5, 5.41) is 6.55. The van der Waals surface area contributed by atoms with Gasteiger partial charge in [0.15, 0.2) is 15.8 Å². The van der Waals surface area contributed by atoms with Gasteiger partial charge >= 0.3 is 0 Å². The molecule has 8 heteroatoms. The fourth-order valence-corrected chi connectivity index (χ4v) is 3.29. The number of aryl methyl sites for hydroxylation is 1. The van der Waals surface area contributed by atoms with Crippen LogP contribution in [0.4, 0.5) is 0 Å². The molecule has 2 N–H and O–H groups in total. The van der Waals surface area contributed by atoms with Crippen molar-refractivity contribution in [3.8, 4) is 5.75 Å². The van der Waals surface area contributed by atoms with Gasteiger partial charge in [0, 0.05) is 32.0 Å². The molecule has 2 aromatic carbocycles. The molecule has 30 heavy (non-hydrogen) atoms. The monoisotopic (exact) mass is 545 g/mol. The Bertz CT molecular complexity index is 945. The molecule has 0 heterocycles. The molecular formula is C22H32IN3O3S. The quantitative estimate of drug-likeness (QED) is 0.297. The molecule has 0 aliphatic carbocycles. The van der Waals surface area contributed by atoms with E-state index in [0.717, 1.165) is 28.9 Å². The van der Waals surface area contributed by atoms with E-state index in [9.17, 15) is 8.42 Å². The van der Waals surface area contributed by atoms with Crippen LogP contribution in [0.2, 0.25) is 0 Å². The molecule has 0 saturated carbocycles. The Labute approximate surface area is 197 Å². The molecular weight excluding hydrogens is 513 g/mol. The fraction of sp³-hybridized carbons (Fsp3) is 0.409. The number of hydrogen-bond acceptors (Lipinski definition) is 4. The number of sulfone groups is 1. The van der Waals surface area contributed by atoms with Crippen LogP contribution >= 0.6 is 24.0 Å². The van der Waals surface area contributed by atoms with Gasteiger partial charge in [-0.15, -0.1) is 24.0 Å². The van der Waals surface area contributed by atoms with Crippen molar-refractivity contribution in [3.63, 3.8) is 0 Å². The number of nitrogens with zero attached hydrogens (tertiary/aromatic N) is 1. The third-order valence-corrected chi connectivity index (χ3v) is 5.74. The maximum Gasteiger partial charge on any atom is 0.191 e. The Kier molecular flexibility index (Phi) is 10.6. The third-order valence-electron chi connectivity index (χ3n) is 4.61. The number of guanidine groups is 1. The fourth-order valence-electron chi connectivity index (χ4n) is 2.66. The number of halogens is 1. The van der Waals surface area contributed by atoms with Crippen molar-refractivity contribution in [1.29, 1.82) is 0 Å². The summed E-state index contributed by atoms with van der Waals surface area (Å²) in [4.78, 5) is 4.57. The largest absolute Gasteiger partial charge is 0.490 e. The molecule has 0 spiro atoms. The smallest absolute Gasteiger partial charge is 0.191 e. The van der Waals surface area contributed by atoms with Gasteiger partial charge in [0.25, 0.3) is 0 Å². The highest BCUT2D eigenvalue weighted by Gasteiger charge is 2.09. The predicted molar refractivity (Wildman–Crippen MR) is 134 cm³/mol. The van der Waals surface area contributed by atoms with Crippen LogP contribution in [0, 0.1) is 6.92 Å². The summed E-state index contributed by atoms with van der Waals surface area (Å²) in [5.41, 5.74) is 3.19. The van der Waals surface area contributed by atoms with E-state index in [2.05, 4.69) is 54.6 Å². The second kappa shape index (κ2) is 12.1. The zero-order valence-electron chi connectivity index (χ0n) is 18.2. The van der Waals surface area contributed by atoms with Gasteiger partial charge in [0.1, 0.15) is 5.75 Å². The highest BCUT2D eigenvalue weighted by molar-refractivity contribution is 14.0. The highest BCUT2D eigenvalue weighted by atomic mass is 127. The van der Waals surface area contributed by atoms with Crippen LogP contribution in [-0.2, 0) is 22.9 Å². The number of ether oxygens (including phenoxy) is 1. The summed E-state index contributed by atoms with van der Waals surface area (Å²) in [6.45, 7) is 7.34. The maximum atomic E-state index is 11.6. The van der Waals surface area contributed by atoms with Gasteiger partial charge in [-0.25, -0.2) is 8.42 Å². The van der Waals surface area contributed by atoms with E-state index in [0.29, 0.717) is 23.9 Å². The standard InChI is InChI=1S/C22H31N3O3S.HI/c1-6-17(3)28-21-13-16(2)7-10-19(21)15-25-22(23-4)24-14-18-8-11-20(12-9-18)29(5,26)27;/h7-13,17H,6,14-15H2,1-5H3,(H2,23,24,25);1H. The average molecular weight is 545 g/mol. The Morgan fingerprint density at radius 1 is 1.10 bits per heavy atom. The van der Waals surface area contributed by atoms with Gasteiger partial charge in [0.05, 0.1) is 11.0 Å². The number of nitrogens with one attached hydrogen (secondary N) is 2. The van der Waals surface area contributed by atoms with Crippen molar-refractivity contribution < 1.29 is 13.2 Å². The van der Waals surface area contributed by atoms with Crippen molar-refractivity contribution in [2.75, 3.05) is 13.3 Å². The molecule has 0 aliphatic rings. The summed E-state index contributed by atoms with van der Waals surface area (Å²) in [5.74, 6) is 1.55. The first-order valence-electron chi connectivity index (χ1n) is 9.72. The van der Waals surface area contributed by atoms with E-state index in [4.69, 9.17) is 4.74 Å². The molecule has 2 aromatic rings. The number of aliphatic imine (C=N–C) groups is 1. The Morgan fingerprint density at radius 2 is 1.73 bits per heavy atom. The van der Waals surface area contributed by atoms with Crippen LogP contribution in [0.25, 0.3) is 0 Å². The van der Waals surface area contributed by atoms with Crippen molar-refractivity contribution in [2.24, 2.45) is 4.99 Å². The van der Waals surface area contributed by atoms with Crippen LogP contribution in [0.15, 0.2) is 52.4 Å². The predicted octanol–water partition coefficient (Wildman–Crippen LogP) is 4.06. The Morgan fingerprint density at radius 3 is 2.30 bits per heavy atom. The van der Waals surface area contributed by atoms with Crippen LogP contribution in [0.5, 0.6) is 5.75 Å². The van der Waals surface area contributed by atoms with Gasteiger partial charge in [-0.05, 0) is 49.6 Å². The second-order valence-corrected chi connectivity index (χ2v) is 9.16. The number of hydrogen-bond donors (Lipinski definition) is 2. The maximum absolute atomic E-state index is 11.6. The van der Waals surface area contributed by atoms with Gasteiger partial charge in [0.2, 0.25) is 0 Å². The van der Waals surface area contributed by atoms with E-state index in [1.54, 1.807) is 31.3 Å². The topological polar surface area (TPSA) is 79.8 Å². The Hall–Kier alpha value is -1.81. The minimum atomic E-state index is -3.18. The molecule has 6 nitrogen and oxygen atoms in total. The molecule has 0 radical (unpaired) electrons. The molecule has 166 valence electrons. The van der Waals surface area contributed by atoms with Gasteiger partial charge in [-0.3, -0.25) is 4.99 Å². The average Bonchev–Trinajstić information content (AvgIpc) is 2.69. The van der Waals surface area contributed by atoms with Crippen molar-refractivity contribution in [2.45, 2.75) is 51.3 Å². The summed E-state index contributed by atoms with van der Waals surface area (Å²) in [7, 11) is -1.47. The van der Waals surface area contributed by atoms with Crippen molar-refractivity contribution >= 4 is 39.8 Å². The van der Waals surface area contributed by atoms with Crippen LogP contribution in [-0.4, -0.2) is 33.8 Å². The van der Waals surface area contributed by atoms with Crippen molar-refractivity contribution in [3.05, 3.63) is 59.2 Å². The molecule has 0 aliphatic heterocycles. The zero-order valence-corrected chi connectivity index (χ0v) is 21.4. The van der Waals surface area contributed by atoms with E-state index in [1.807, 2.05) is 0 Å². The minimum absolute atomic E-state index is 0. The van der Waals surface area contributed by atoms with Crippen LogP contribution < -0.4 is 15.4 Å². The van der Waals surface area contributed by atoms with E-state index >= 15 is 0 Å². The molecule has 0 fully saturated rings. The molecule has 0 bridgehead atoms. The zero-order chi connectivity index (χ0) is 21.4. The lowest BCUT2D eigenvalue weighted by atomic mass is 10.1. The third kappa shape index (κ3) is 8.14. The Balaban J connectivity index is 0.00000450. The number of benzene rings is 2. The number of rotatable bonds is 8. The lowest BCUT2D eigenvalue weighted by Gasteiger charge is -2.18. The molecule has 1 atom stereocenters. The van der Waals surface area contributed by atoms with E-state index < -0.39 is 9.84 Å². The van der Waals surface area contributed by atoms with E-state index in [-0.39, 0.29) is 30.1 Å².